The minimum Gasteiger partial charge on any atom is -0.495 e. The number of hydrazone groups is 1. The van der Waals surface area contributed by atoms with Gasteiger partial charge in [-0.3, -0.25) is 9.10 Å². The van der Waals surface area contributed by atoms with Crippen LogP contribution in [0.2, 0.25) is 10.0 Å². The number of aryl methyl sites for hydroxylation is 1. The minimum atomic E-state index is -3.76. The van der Waals surface area contributed by atoms with Crippen molar-refractivity contribution in [3.63, 3.8) is 0 Å². The zero-order valence-corrected chi connectivity index (χ0v) is 21.4. The molecule has 1 heterocycles. The molecule has 0 radical (unpaired) electrons. The summed E-state index contributed by atoms with van der Waals surface area (Å²) in [6.45, 7) is 3.41. The lowest BCUT2D eigenvalue weighted by molar-refractivity contribution is -0.119. The zero-order chi connectivity index (χ0) is 25.0. The van der Waals surface area contributed by atoms with Gasteiger partial charge in [0.15, 0.2) is 0 Å². The monoisotopic (exact) mass is 522 g/mol. The van der Waals surface area contributed by atoms with Gasteiger partial charge in [0.1, 0.15) is 12.3 Å². The molecule has 0 atom stereocenters. The highest BCUT2D eigenvalue weighted by atomic mass is 35.5. The molecule has 0 aliphatic heterocycles. The summed E-state index contributed by atoms with van der Waals surface area (Å²) >= 11 is 12.2. The third-order valence-electron chi connectivity index (χ3n) is 5.04. The first-order valence-corrected chi connectivity index (χ1v) is 12.7. The van der Waals surface area contributed by atoms with Crippen LogP contribution in [0.25, 0.3) is 5.69 Å². The van der Waals surface area contributed by atoms with Gasteiger partial charge in [0, 0.05) is 27.7 Å². The molecule has 1 amide bonds. The highest BCUT2D eigenvalue weighted by Crippen LogP contribution is 2.30. The van der Waals surface area contributed by atoms with Crippen molar-refractivity contribution in [2.75, 3.05) is 24.2 Å². The second-order valence-electron chi connectivity index (χ2n) is 7.52. The van der Waals surface area contributed by atoms with E-state index in [4.69, 9.17) is 27.9 Å². The number of halogens is 2. The Bertz CT molecular complexity index is 1350. The molecule has 0 spiro atoms. The second-order valence-corrected chi connectivity index (χ2v) is 10.3. The van der Waals surface area contributed by atoms with Crippen LogP contribution in [0.5, 0.6) is 5.75 Å². The summed E-state index contributed by atoms with van der Waals surface area (Å²) in [6.07, 6.45) is 2.52. The van der Waals surface area contributed by atoms with E-state index < -0.39 is 22.5 Å². The van der Waals surface area contributed by atoms with E-state index in [1.165, 1.54) is 31.5 Å². The Hall–Kier alpha value is -3.01. The van der Waals surface area contributed by atoms with Crippen molar-refractivity contribution in [3.8, 4) is 11.4 Å². The number of ether oxygens (including phenoxy) is 1. The summed E-state index contributed by atoms with van der Waals surface area (Å²) in [4.78, 5) is 12.5. The average Bonchev–Trinajstić information content (AvgIpc) is 3.04. The predicted molar refractivity (Wildman–Crippen MR) is 136 cm³/mol. The van der Waals surface area contributed by atoms with Crippen LogP contribution in [0, 0.1) is 13.8 Å². The largest absolute Gasteiger partial charge is 0.495 e. The lowest BCUT2D eigenvalue weighted by Crippen LogP contribution is -2.39. The number of methoxy groups -OCH3 is 1. The fourth-order valence-corrected chi connectivity index (χ4v) is 4.77. The third-order valence-corrected chi connectivity index (χ3v) is 6.71. The Labute approximate surface area is 208 Å². The van der Waals surface area contributed by atoms with Crippen molar-refractivity contribution in [2.24, 2.45) is 5.10 Å². The van der Waals surface area contributed by atoms with Crippen LogP contribution < -0.4 is 14.5 Å². The molecule has 0 aliphatic rings. The van der Waals surface area contributed by atoms with Gasteiger partial charge in [0.2, 0.25) is 10.0 Å². The lowest BCUT2D eigenvalue weighted by atomic mass is 10.2. The van der Waals surface area contributed by atoms with Crippen molar-refractivity contribution in [2.45, 2.75) is 13.8 Å². The fraction of sp³-hybridized carbons (Fsp3) is 0.217. The molecule has 3 rings (SSSR count). The van der Waals surface area contributed by atoms with Crippen molar-refractivity contribution in [1.29, 1.82) is 0 Å². The topological polar surface area (TPSA) is 93.0 Å². The SMILES string of the molecule is COc1ccc(N(CC(=O)N/N=C\c2cc(C)n(-c3cccc(Cl)c3)c2C)S(C)(=O)=O)cc1Cl. The number of carbonyl (C=O) groups is 1. The van der Waals surface area contributed by atoms with Crippen LogP contribution in [0.4, 0.5) is 5.69 Å². The number of nitrogens with zero attached hydrogens (tertiary/aromatic N) is 3. The number of amides is 1. The Balaban J connectivity index is 1.75. The minimum absolute atomic E-state index is 0.224. The number of nitrogens with one attached hydrogen (secondary N) is 1. The molecule has 3 aromatic rings. The van der Waals surface area contributed by atoms with Crippen LogP contribution in [0.3, 0.4) is 0 Å². The first kappa shape index (κ1) is 25.6. The predicted octanol–water partition coefficient (Wildman–Crippen LogP) is 4.33. The van der Waals surface area contributed by atoms with Gasteiger partial charge in [-0.1, -0.05) is 29.3 Å². The van der Waals surface area contributed by atoms with E-state index in [-0.39, 0.29) is 10.7 Å². The average molecular weight is 523 g/mol. The highest BCUT2D eigenvalue weighted by Gasteiger charge is 2.22. The molecule has 11 heteroatoms. The fourth-order valence-electron chi connectivity index (χ4n) is 3.48. The van der Waals surface area contributed by atoms with E-state index in [1.807, 2.05) is 42.7 Å². The smallest absolute Gasteiger partial charge is 0.260 e. The summed E-state index contributed by atoms with van der Waals surface area (Å²) in [5, 5.41) is 4.86. The van der Waals surface area contributed by atoms with Crippen molar-refractivity contribution >= 4 is 51.0 Å². The van der Waals surface area contributed by atoms with Gasteiger partial charge in [-0.2, -0.15) is 5.10 Å². The van der Waals surface area contributed by atoms with E-state index >= 15 is 0 Å². The first-order chi connectivity index (χ1) is 16.0. The normalized spacial score (nSPS) is 11.6. The highest BCUT2D eigenvalue weighted by molar-refractivity contribution is 7.92. The first-order valence-electron chi connectivity index (χ1n) is 10.1. The van der Waals surface area contributed by atoms with Gasteiger partial charge >= 0.3 is 0 Å². The molecule has 0 aliphatic carbocycles. The molecule has 2 aromatic carbocycles. The summed E-state index contributed by atoms with van der Waals surface area (Å²) in [5.41, 5.74) is 6.19. The maximum atomic E-state index is 12.5. The van der Waals surface area contributed by atoms with Crippen molar-refractivity contribution < 1.29 is 17.9 Å². The lowest BCUT2D eigenvalue weighted by Gasteiger charge is -2.21. The van der Waals surface area contributed by atoms with Crippen LogP contribution in [-0.4, -0.2) is 45.0 Å². The Morgan fingerprint density at radius 2 is 1.91 bits per heavy atom. The summed E-state index contributed by atoms with van der Waals surface area (Å²) in [5.74, 6) is -0.222. The van der Waals surface area contributed by atoms with Gasteiger partial charge < -0.3 is 9.30 Å². The van der Waals surface area contributed by atoms with Crippen LogP contribution >= 0.6 is 23.2 Å². The zero-order valence-electron chi connectivity index (χ0n) is 19.0. The number of rotatable bonds is 8. The third kappa shape index (κ3) is 5.91. The molecule has 0 fully saturated rings. The number of hydrogen-bond donors (Lipinski definition) is 1. The Morgan fingerprint density at radius 3 is 2.53 bits per heavy atom. The Kier molecular flexibility index (Phi) is 7.91. The molecule has 0 unspecified atom stereocenters. The van der Waals surface area contributed by atoms with Crippen LogP contribution in [-0.2, 0) is 14.8 Å². The van der Waals surface area contributed by atoms with E-state index in [0.29, 0.717) is 10.8 Å². The van der Waals surface area contributed by atoms with Gasteiger partial charge in [-0.05, 0) is 56.3 Å². The van der Waals surface area contributed by atoms with Gasteiger partial charge in [-0.15, -0.1) is 0 Å². The van der Waals surface area contributed by atoms with Crippen LogP contribution in [0.15, 0.2) is 53.6 Å². The van der Waals surface area contributed by atoms with E-state index in [9.17, 15) is 13.2 Å². The molecule has 34 heavy (non-hydrogen) atoms. The molecule has 0 saturated carbocycles. The molecule has 1 aromatic heterocycles. The van der Waals surface area contributed by atoms with E-state index in [1.54, 1.807) is 6.07 Å². The summed E-state index contributed by atoms with van der Waals surface area (Å²) in [7, 11) is -2.31. The molecule has 0 bridgehead atoms. The standard InChI is InChI=1S/C23H24Cl2N4O4S/c1-15-10-17(16(2)29(15)20-7-5-6-18(24)11-20)13-26-27-23(30)14-28(34(4,31)32)19-8-9-22(33-3)21(25)12-19/h5-13H,14H2,1-4H3,(H,27,30)/b26-13-. The van der Waals surface area contributed by atoms with Crippen molar-refractivity contribution in [1.82, 2.24) is 9.99 Å². The molecule has 1 N–H and O–H groups in total. The number of hydrogen-bond acceptors (Lipinski definition) is 5. The van der Waals surface area contributed by atoms with Crippen LogP contribution in [0.1, 0.15) is 17.0 Å². The molecular weight excluding hydrogens is 499 g/mol. The Morgan fingerprint density at radius 1 is 1.18 bits per heavy atom. The number of benzene rings is 2. The quantitative estimate of drug-likeness (QED) is 0.352. The maximum absolute atomic E-state index is 12.5. The molecular formula is C23H24Cl2N4O4S. The molecule has 180 valence electrons. The second kappa shape index (κ2) is 10.5. The number of aromatic nitrogens is 1. The van der Waals surface area contributed by atoms with E-state index in [2.05, 4.69) is 10.5 Å². The summed E-state index contributed by atoms with van der Waals surface area (Å²) < 4.78 is 32.6. The number of sulfonamides is 1. The van der Waals surface area contributed by atoms with Crippen molar-refractivity contribution in [3.05, 3.63) is 75.5 Å². The van der Waals surface area contributed by atoms with Gasteiger partial charge in [-0.25, -0.2) is 13.8 Å². The number of carbonyl (C=O) groups excluding carboxylic acids is 1. The van der Waals surface area contributed by atoms with E-state index in [0.717, 1.165) is 33.2 Å². The molecule has 8 nitrogen and oxygen atoms in total. The number of anilines is 1. The van der Waals surface area contributed by atoms with Gasteiger partial charge in [0.25, 0.3) is 5.91 Å². The maximum Gasteiger partial charge on any atom is 0.260 e. The van der Waals surface area contributed by atoms with Gasteiger partial charge in [0.05, 0.1) is 30.3 Å². The summed E-state index contributed by atoms with van der Waals surface area (Å²) in [6, 6.07) is 13.9. The molecule has 0 saturated heterocycles.